The number of aromatic carboxylic acids is 1. The maximum atomic E-state index is 11.2. The third-order valence-electron chi connectivity index (χ3n) is 4.94. The molecule has 2 heterocycles. The zero-order valence-corrected chi connectivity index (χ0v) is 19.1. The van der Waals surface area contributed by atoms with Crippen molar-refractivity contribution in [2.75, 3.05) is 64.6 Å². The quantitative estimate of drug-likeness (QED) is 0.158. The molecular formula is C21H26N4O11. The van der Waals surface area contributed by atoms with Crippen LogP contribution in [0.1, 0.15) is 10.4 Å². The molecule has 0 atom stereocenters. The van der Waals surface area contributed by atoms with Crippen LogP contribution >= 0.6 is 0 Å². The molecule has 2 aliphatic rings. The molecule has 0 radical (unpaired) electrons. The fraction of sp³-hybridized carbons (Fsp3) is 0.429. The molecule has 0 aliphatic carbocycles. The number of carbonyl (C=O) groups excluding carboxylic acids is 4. The first-order valence-corrected chi connectivity index (χ1v) is 10.6. The Hall–Kier alpha value is -4.08. The Morgan fingerprint density at radius 2 is 1.31 bits per heavy atom. The number of ether oxygens (including phenoxy) is 2. The summed E-state index contributed by atoms with van der Waals surface area (Å²) in [6, 6.07) is 3.87. The second-order valence-electron chi connectivity index (χ2n) is 7.87. The third kappa shape index (κ3) is 9.65. The van der Waals surface area contributed by atoms with Crippen LogP contribution < -0.4 is 5.73 Å². The van der Waals surface area contributed by atoms with Gasteiger partial charge in [0.2, 0.25) is 0 Å². The minimum absolute atomic E-state index is 0.0287. The monoisotopic (exact) mass is 510 g/mol. The first-order valence-electron chi connectivity index (χ1n) is 10.6. The Bertz CT molecular complexity index is 955. The number of carbonyl (C=O) groups is 6. The molecule has 1 aromatic rings. The van der Waals surface area contributed by atoms with Crippen molar-refractivity contribution in [3.05, 3.63) is 23.8 Å². The van der Waals surface area contributed by atoms with E-state index in [-0.39, 0.29) is 44.0 Å². The molecule has 5 N–H and O–H groups in total. The fourth-order valence-corrected chi connectivity index (χ4v) is 3.30. The predicted octanol–water partition coefficient (Wildman–Crippen LogP) is -2.18. The highest BCUT2D eigenvalue weighted by atomic mass is 16.6. The first kappa shape index (κ1) is 28.2. The molecule has 196 valence electrons. The number of nitrogens with two attached hydrogens (primary N) is 1. The third-order valence-corrected chi connectivity index (χ3v) is 4.94. The number of phenols is 1. The van der Waals surface area contributed by atoms with Crippen LogP contribution in [0.5, 0.6) is 5.75 Å². The smallest absolute Gasteiger partial charge is 0.339 e. The first-order chi connectivity index (χ1) is 16.9. The zero-order valence-electron chi connectivity index (χ0n) is 19.1. The Kier molecular flexibility index (Phi) is 10.3. The number of aliphatic carboxylic acids is 1. The van der Waals surface area contributed by atoms with Gasteiger partial charge in [0, 0.05) is 37.9 Å². The van der Waals surface area contributed by atoms with E-state index in [0.29, 0.717) is 31.9 Å². The Labute approximate surface area is 204 Å². The molecule has 0 spiro atoms. The molecule has 0 bridgehead atoms. The summed E-state index contributed by atoms with van der Waals surface area (Å²) >= 11 is 0. The molecule has 0 saturated carbocycles. The number of carboxylic acids is 2. The van der Waals surface area contributed by atoms with Crippen LogP contribution in [0, 0.1) is 0 Å². The van der Waals surface area contributed by atoms with Gasteiger partial charge in [-0.2, -0.15) is 0 Å². The second kappa shape index (κ2) is 13.1. The molecule has 0 aromatic heterocycles. The molecule has 0 amide bonds. The second-order valence-corrected chi connectivity index (χ2v) is 7.87. The van der Waals surface area contributed by atoms with Crippen LogP contribution in [0.15, 0.2) is 18.2 Å². The number of cyclic esters (lactones) is 4. The Balaban J connectivity index is 0.000000346. The lowest BCUT2D eigenvalue weighted by molar-refractivity contribution is -0.168. The molecular weight excluding hydrogens is 484 g/mol. The molecule has 2 fully saturated rings. The number of nitrogens with zero attached hydrogens (tertiary/aromatic N) is 3. The van der Waals surface area contributed by atoms with Crippen molar-refractivity contribution in [1.29, 1.82) is 0 Å². The standard InChI is InChI=1S/C14H19N3O8.C7H7NO3/c18-10(19)5-15(1-3-16-6-11(20)24-12(21)7-16)2-4-17-8-13(22)25-14(23)9-17;8-4-1-2-5(7(10)11)6(9)3-4/h1-9H2,(H,18,19);1-3,9H,8H2,(H,10,11). The van der Waals surface area contributed by atoms with Crippen LogP contribution in [-0.2, 0) is 33.4 Å². The number of anilines is 1. The van der Waals surface area contributed by atoms with E-state index in [1.165, 1.54) is 18.2 Å². The van der Waals surface area contributed by atoms with E-state index in [9.17, 15) is 28.8 Å². The van der Waals surface area contributed by atoms with Gasteiger partial charge in [-0.3, -0.25) is 38.7 Å². The van der Waals surface area contributed by atoms with Gasteiger partial charge in [0.25, 0.3) is 0 Å². The highest BCUT2D eigenvalue weighted by molar-refractivity contribution is 5.91. The van der Waals surface area contributed by atoms with E-state index in [4.69, 9.17) is 21.1 Å². The number of nitrogen functional groups attached to an aromatic ring is 1. The lowest BCUT2D eigenvalue weighted by Crippen LogP contribution is -2.49. The molecule has 3 rings (SSSR count). The SMILES string of the molecule is Nc1ccc(C(=O)O)c(O)c1.O=C(O)CN(CCN1CC(=O)OC(=O)C1)CCN1CC(=O)OC(=O)C1. The van der Waals surface area contributed by atoms with Crippen LogP contribution in [0.4, 0.5) is 5.69 Å². The van der Waals surface area contributed by atoms with Gasteiger partial charge in [0.05, 0.1) is 32.7 Å². The van der Waals surface area contributed by atoms with Crippen molar-refractivity contribution in [2.45, 2.75) is 0 Å². The minimum atomic E-state index is -1.16. The van der Waals surface area contributed by atoms with Gasteiger partial charge < -0.3 is 30.5 Å². The molecule has 36 heavy (non-hydrogen) atoms. The summed E-state index contributed by atoms with van der Waals surface area (Å²) in [6.45, 7) is 0.886. The van der Waals surface area contributed by atoms with E-state index < -0.39 is 35.8 Å². The number of morpholine rings is 2. The van der Waals surface area contributed by atoms with E-state index in [2.05, 4.69) is 9.47 Å². The molecule has 15 heteroatoms. The summed E-state index contributed by atoms with van der Waals surface area (Å²) in [4.78, 5) is 71.0. The molecule has 1 aromatic carbocycles. The summed E-state index contributed by atoms with van der Waals surface area (Å²) in [7, 11) is 0. The number of carboxylic acid groups (broad SMARTS) is 2. The van der Waals surface area contributed by atoms with Gasteiger partial charge in [0.1, 0.15) is 11.3 Å². The summed E-state index contributed by atoms with van der Waals surface area (Å²) < 4.78 is 8.85. The van der Waals surface area contributed by atoms with Gasteiger partial charge >= 0.3 is 35.8 Å². The maximum absolute atomic E-state index is 11.2. The van der Waals surface area contributed by atoms with Crippen LogP contribution in [0.2, 0.25) is 0 Å². The van der Waals surface area contributed by atoms with Gasteiger partial charge in [-0.25, -0.2) is 4.79 Å². The number of rotatable bonds is 9. The summed E-state index contributed by atoms with van der Waals surface area (Å²) in [6.07, 6.45) is 0. The van der Waals surface area contributed by atoms with Crippen molar-refractivity contribution in [2.24, 2.45) is 0 Å². The van der Waals surface area contributed by atoms with E-state index in [1.807, 2.05) is 0 Å². The molecule has 15 nitrogen and oxygen atoms in total. The number of esters is 4. The van der Waals surface area contributed by atoms with Crippen LogP contribution in [-0.4, -0.2) is 125 Å². The predicted molar refractivity (Wildman–Crippen MR) is 119 cm³/mol. The number of benzene rings is 1. The van der Waals surface area contributed by atoms with E-state index >= 15 is 0 Å². The number of hydrogen-bond acceptors (Lipinski definition) is 13. The van der Waals surface area contributed by atoms with Crippen molar-refractivity contribution in [3.63, 3.8) is 0 Å². The average Bonchev–Trinajstić information content (AvgIpc) is 2.74. The molecule has 2 saturated heterocycles. The zero-order chi connectivity index (χ0) is 26.8. The molecule has 2 aliphatic heterocycles. The van der Waals surface area contributed by atoms with Gasteiger partial charge in [-0.15, -0.1) is 0 Å². The fourth-order valence-electron chi connectivity index (χ4n) is 3.30. The minimum Gasteiger partial charge on any atom is -0.507 e. The van der Waals surface area contributed by atoms with E-state index in [0.717, 1.165) is 0 Å². The maximum Gasteiger partial charge on any atom is 0.339 e. The van der Waals surface area contributed by atoms with E-state index in [1.54, 1.807) is 14.7 Å². The number of hydrogen-bond donors (Lipinski definition) is 4. The van der Waals surface area contributed by atoms with Crippen molar-refractivity contribution >= 4 is 41.5 Å². The van der Waals surface area contributed by atoms with Gasteiger partial charge in [-0.1, -0.05) is 0 Å². The van der Waals surface area contributed by atoms with Crippen molar-refractivity contribution in [3.8, 4) is 5.75 Å². The highest BCUT2D eigenvalue weighted by Gasteiger charge is 2.27. The topological polar surface area (TPSA) is 217 Å². The van der Waals surface area contributed by atoms with Crippen molar-refractivity contribution in [1.82, 2.24) is 14.7 Å². The van der Waals surface area contributed by atoms with Gasteiger partial charge in [-0.05, 0) is 12.1 Å². The average molecular weight is 510 g/mol. The van der Waals surface area contributed by atoms with Crippen molar-refractivity contribution < 1.29 is 53.6 Å². The largest absolute Gasteiger partial charge is 0.507 e. The normalized spacial score (nSPS) is 16.7. The van der Waals surface area contributed by atoms with Gasteiger partial charge in [0.15, 0.2) is 0 Å². The summed E-state index contributed by atoms with van der Waals surface area (Å²) in [5.74, 6) is -5.03. The lowest BCUT2D eigenvalue weighted by Gasteiger charge is -2.30. The lowest BCUT2D eigenvalue weighted by atomic mass is 10.2. The summed E-state index contributed by atoms with van der Waals surface area (Å²) in [5.41, 5.74) is 5.48. The Morgan fingerprint density at radius 1 is 0.861 bits per heavy atom. The van der Waals surface area contributed by atoms with Crippen LogP contribution in [0.25, 0.3) is 0 Å². The van der Waals surface area contributed by atoms with Crippen LogP contribution in [0.3, 0.4) is 0 Å². The highest BCUT2D eigenvalue weighted by Crippen LogP contribution is 2.19. The molecule has 0 unspecified atom stereocenters. The number of aromatic hydroxyl groups is 1. The summed E-state index contributed by atoms with van der Waals surface area (Å²) in [5, 5.41) is 26.5. The Morgan fingerprint density at radius 3 is 1.67 bits per heavy atom.